The van der Waals surface area contributed by atoms with Gasteiger partial charge in [0, 0.05) is 37.4 Å². The van der Waals surface area contributed by atoms with E-state index in [1.807, 2.05) is 0 Å². The molecule has 3 rings (SSSR count). The highest BCUT2D eigenvalue weighted by atomic mass is 15.0. The van der Waals surface area contributed by atoms with Gasteiger partial charge in [0.2, 0.25) is 0 Å². The zero-order valence-electron chi connectivity index (χ0n) is 11.7. The zero-order valence-corrected chi connectivity index (χ0v) is 11.7. The maximum atomic E-state index is 5.72. The third-order valence-corrected chi connectivity index (χ3v) is 4.37. The number of nitrogens with zero attached hydrogens (tertiary/aromatic N) is 1. The van der Waals surface area contributed by atoms with Crippen LogP contribution < -0.4 is 11.1 Å². The van der Waals surface area contributed by atoms with E-state index in [1.54, 1.807) is 0 Å². The molecule has 1 aromatic heterocycles. The molecule has 1 fully saturated rings. The van der Waals surface area contributed by atoms with Crippen molar-refractivity contribution in [3.8, 4) is 0 Å². The van der Waals surface area contributed by atoms with Crippen molar-refractivity contribution in [1.29, 1.82) is 0 Å². The highest BCUT2D eigenvalue weighted by Gasteiger charge is 2.15. The summed E-state index contributed by atoms with van der Waals surface area (Å²) in [7, 11) is 2.15. The molecule has 0 amide bonds. The van der Waals surface area contributed by atoms with Crippen LogP contribution in [0.3, 0.4) is 0 Å². The summed E-state index contributed by atoms with van der Waals surface area (Å²) in [5.41, 5.74) is 9.56. The van der Waals surface area contributed by atoms with Crippen LogP contribution in [0.2, 0.25) is 0 Å². The molecular weight excluding hydrogens is 234 g/mol. The first-order valence-electron chi connectivity index (χ1n) is 7.28. The molecule has 0 bridgehead atoms. The Morgan fingerprint density at radius 3 is 2.79 bits per heavy atom. The van der Waals surface area contributed by atoms with E-state index in [2.05, 4.69) is 41.2 Å². The van der Waals surface area contributed by atoms with E-state index in [0.717, 1.165) is 12.6 Å². The summed E-state index contributed by atoms with van der Waals surface area (Å²) in [6, 6.07) is 9.51. The molecule has 19 heavy (non-hydrogen) atoms. The van der Waals surface area contributed by atoms with E-state index >= 15 is 0 Å². The lowest BCUT2D eigenvalue weighted by atomic mass is 10.1. The van der Waals surface area contributed by atoms with Gasteiger partial charge in [0.05, 0.1) is 0 Å². The van der Waals surface area contributed by atoms with E-state index < -0.39 is 0 Å². The van der Waals surface area contributed by atoms with Crippen molar-refractivity contribution in [3.05, 3.63) is 35.5 Å². The summed E-state index contributed by atoms with van der Waals surface area (Å²) < 4.78 is 2.29. The second-order valence-corrected chi connectivity index (χ2v) is 5.65. The second-order valence-electron chi connectivity index (χ2n) is 5.65. The number of hydrogen-bond donors (Lipinski definition) is 2. The first kappa shape index (κ1) is 12.7. The van der Waals surface area contributed by atoms with Gasteiger partial charge in [-0.05, 0) is 35.9 Å². The minimum atomic E-state index is 0.608. The Kier molecular flexibility index (Phi) is 3.58. The van der Waals surface area contributed by atoms with E-state index in [-0.39, 0.29) is 0 Å². The molecule has 1 heterocycles. The summed E-state index contributed by atoms with van der Waals surface area (Å²) >= 11 is 0. The van der Waals surface area contributed by atoms with Crippen molar-refractivity contribution >= 4 is 10.9 Å². The Labute approximate surface area is 114 Å². The van der Waals surface area contributed by atoms with Crippen molar-refractivity contribution in [2.75, 3.05) is 0 Å². The van der Waals surface area contributed by atoms with Crippen LogP contribution in [0.4, 0.5) is 0 Å². The SMILES string of the molecule is Cn1c(CNC2CCCC2)cc2ccc(CN)cc21. The van der Waals surface area contributed by atoms with Crippen molar-refractivity contribution in [3.63, 3.8) is 0 Å². The van der Waals surface area contributed by atoms with E-state index in [1.165, 1.54) is 47.8 Å². The van der Waals surface area contributed by atoms with Crippen LogP contribution in [0.1, 0.15) is 36.9 Å². The molecule has 3 nitrogen and oxygen atoms in total. The fraction of sp³-hybridized carbons (Fsp3) is 0.500. The van der Waals surface area contributed by atoms with Crippen molar-refractivity contribution in [2.45, 2.75) is 44.8 Å². The molecular formula is C16H23N3. The molecule has 0 aliphatic heterocycles. The van der Waals surface area contributed by atoms with E-state index in [4.69, 9.17) is 5.73 Å². The molecule has 1 saturated carbocycles. The minimum Gasteiger partial charge on any atom is -0.346 e. The van der Waals surface area contributed by atoms with Crippen molar-refractivity contribution in [1.82, 2.24) is 9.88 Å². The van der Waals surface area contributed by atoms with Crippen LogP contribution in [0.25, 0.3) is 10.9 Å². The van der Waals surface area contributed by atoms with Gasteiger partial charge in [0.1, 0.15) is 0 Å². The smallest absolute Gasteiger partial charge is 0.0483 e. The Bertz CT molecular complexity index is 565. The van der Waals surface area contributed by atoms with Gasteiger partial charge >= 0.3 is 0 Å². The molecule has 2 aromatic rings. The van der Waals surface area contributed by atoms with Gasteiger partial charge in [-0.1, -0.05) is 25.0 Å². The summed E-state index contributed by atoms with van der Waals surface area (Å²) in [5, 5.41) is 4.99. The molecule has 0 spiro atoms. The van der Waals surface area contributed by atoms with Crippen LogP contribution in [0, 0.1) is 0 Å². The number of aromatic nitrogens is 1. The summed E-state index contributed by atoms with van der Waals surface area (Å²) in [4.78, 5) is 0. The van der Waals surface area contributed by atoms with Gasteiger partial charge in [0.25, 0.3) is 0 Å². The molecule has 3 heteroatoms. The van der Waals surface area contributed by atoms with Gasteiger partial charge in [-0.25, -0.2) is 0 Å². The van der Waals surface area contributed by atoms with Crippen LogP contribution in [0.5, 0.6) is 0 Å². The predicted octanol–water partition coefficient (Wildman–Crippen LogP) is 2.67. The third kappa shape index (κ3) is 2.53. The van der Waals surface area contributed by atoms with Gasteiger partial charge in [-0.2, -0.15) is 0 Å². The lowest BCUT2D eigenvalue weighted by Crippen LogP contribution is -2.26. The summed E-state index contributed by atoms with van der Waals surface area (Å²) in [6.07, 6.45) is 5.43. The highest BCUT2D eigenvalue weighted by Crippen LogP contribution is 2.22. The molecule has 1 aromatic carbocycles. The first-order valence-corrected chi connectivity index (χ1v) is 7.28. The maximum Gasteiger partial charge on any atom is 0.0483 e. The van der Waals surface area contributed by atoms with Crippen molar-refractivity contribution < 1.29 is 0 Å². The van der Waals surface area contributed by atoms with Crippen LogP contribution in [0.15, 0.2) is 24.3 Å². The van der Waals surface area contributed by atoms with Gasteiger partial charge < -0.3 is 15.6 Å². The molecule has 1 aliphatic rings. The van der Waals surface area contributed by atoms with Gasteiger partial charge in [-0.15, -0.1) is 0 Å². The average Bonchev–Trinajstić information content (AvgIpc) is 3.05. The normalized spacial score (nSPS) is 16.5. The predicted molar refractivity (Wildman–Crippen MR) is 79.9 cm³/mol. The topological polar surface area (TPSA) is 43.0 Å². The fourth-order valence-corrected chi connectivity index (χ4v) is 3.11. The molecule has 0 atom stereocenters. The number of benzene rings is 1. The Hall–Kier alpha value is -1.32. The zero-order chi connectivity index (χ0) is 13.2. The Morgan fingerprint density at radius 2 is 2.05 bits per heavy atom. The molecule has 1 aliphatic carbocycles. The van der Waals surface area contributed by atoms with Crippen LogP contribution >= 0.6 is 0 Å². The number of fused-ring (bicyclic) bond motifs is 1. The highest BCUT2D eigenvalue weighted by molar-refractivity contribution is 5.82. The minimum absolute atomic E-state index is 0.608. The lowest BCUT2D eigenvalue weighted by Gasteiger charge is -2.12. The Balaban J connectivity index is 1.81. The molecule has 102 valence electrons. The van der Waals surface area contributed by atoms with E-state index in [0.29, 0.717) is 6.54 Å². The number of nitrogens with two attached hydrogens (primary N) is 1. The third-order valence-electron chi connectivity index (χ3n) is 4.37. The number of rotatable bonds is 4. The molecule has 0 radical (unpaired) electrons. The second kappa shape index (κ2) is 5.35. The summed E-state index contributed by atoms with van der Waals surface area (Å²) in [6.45, 7) is 1.57. The monoisotopic (exact) mass is 257 g/mol. The quantitative estimate of drug-likeness (QED) is 0.884. The molecule has 3 N–H and O–H groups in total. The molecule has 0 saturated heterocycles. The fourth-order valence-electron chi connectivity index (χ4n) is 3.11. The molecule has 0 unspecified atom stereocenters. The van der Waals surface area contributed by atoms with Crippen LogP contribution in [-0.2, 0) is 20.1 Å². The number of hydrogen-bond acceptors (Lipinski definition) is 2. The standard InChI is InChI=1S/C16H23N3/c1-19-15(11-18-14-4-2-3-5-14)9-13-7-6-12(10-17)8-16(13)19/h6-9,14,18H,2-5,10-11,17H2,1H3. The van der Waals surface area contributed by atoms with Crippen molar-refractivity contribution in [2.24, 2.45) is 12.8 Å². The number of nitrogens with one attached hydrogen (secondary N) is 1. The Morgan fingerprint density at radius 1 is 1.26 bits per heavy atom. The lowest BCUT2D eigenvalue weighted by molar-refractivity contribution is 0.514. The van der Waals surface area contributed by atoms with Gasteiger partial charge in [0.15, 0.2) is 0 Å². The first-order chi connectivity index (χ1) is 9.28. The number of aryl methyl sites for hydroxylation is 1. The summed E-state index contributed by atoms with van der Waals surface area (Å²) in [5.74, 6) is 0. The maximum absolute atomic E-state index is 5.72. The van der Waals surface area contributed by atoms with Gasteiger partial charge in [-0.3, -0.25) is 0 Å². The van der Waals surface area contributed by atoms with E-state index in [9.17, 15) is 0 Å². The average molecular weight is 257 g/mol. The largest absolute Gasteiger partial charge is 0.346 e. The van der Waals surface area contributed by atoms with Crippen LogP contribution in [-0.4, -0.2) is 10.6 Å².